The number of nitrogens with zero attached hydrogens (tertiary/aromatic N) is 3. The molecule has 7 heteroatoms. The second kappa shape index (κ2) is 6.04. The van der Waals surface area contributed by atoms with Gasteiger partial charge in [-0.15, -0.1) is 0 Å². The first-order chi connectivity index (χ1) is 9.47. The summed E-state index contributed by atoms with van der Waals surface area (Å²) in [6.45, 7) is 2.42. The third kappa shape index (κ3) is 3.36. The highest BCUT2D eigenvalue weighted by Crippen LogP contribution is 2.18. The topological polar surface area (TPSA) is 97.1 Å². The molecule has 0 radical (unpaired) electrons. The SMILES string of the molecule is Cc1ccccc1N=C(N)/N=C(\N)N1CC(Br)CC1=O. The van der Waals surface area contributed by atoms with Crippen LogP contribution in [0.4, 0.5) is 5.69 Å². The zero-order valence-corrected chi connectivity index (χ0v) is 12.7. The van der Waals surface area contributed by atoms with E-state index in [1.807, 2.05) is 31.2 Å². The summed E-state index contributed by atoms with van der Waals surface area (Å²) in [6.07, 6.45) is 0.408. The average Bonchev–Trinajstić information content (AvgIpc) is 2.71. The summed E-state index contributed by atoms with van der Waals surface area (Å²) in [7, 11) is 0. The van der Waals surface area contributed by atoms with Gasteiger partial charge in [0.05, 0.1) is 5.69 Å². The maximum absolute atomic E-state index is 11.7. The van der Waals surface area contributed by atoms with Gasteiger partial charge < -0.3 is 11.5 Å². The number of likely N-dealkylation sites (tertiary alicyclic amines) is 1. The molecule has 1 heterocycles. The Morgan fingerprint density at radius 2 is 2.10 bits per heavy atom. The van der Waals surface area contributed by atoms with Crippen LogP contribution in [0.5, 0.6) is 0 Å². The lowest BCUT2D eigenvalue weighted by molar-refractivity contribution is -0.124. The van der Waals surface area contributed by atoms with Crippen LogP contribution in [0, 0.1) is 6.92 Å². The Kier molecular flexibility index (Phi) is 4.39. The summed E-state index contributed by atoms with van der Waals surface area (Å²) in [6, 6.07) is 7.55. The minimum atomic E-state index is -0.0724. The summed E-state index contributed by atoms with van der Waals surface area (Å²) in [5.74, 6) is 0.0335. The maximum Gasteiger partial charge on any atom is 0.230 e. The number of hydrogen-bond acceptors (Lipinski definition) is 2. The lowest BCUT2D eigenvalue weighted by Crippen LogP contribution is -2.39. The fourth-order valence-corrected chi connectivity index (χ4v) is 2.47. The van der Waals surface area contributed by atoms with E-state index in [2.05, 4.69) is 25.9 Å². The number of guanidine groups is 2. The molecule has 0 spiro atoms. The van der Waals surface area contributed by atoms with Crippen LogP contribution in [0.3, 0.4) is 0 Å². The van der Waals surface area contributed by atoms with E-state index < -0.39 is 0 Å². The zero-order valence-electron chi connectivity index (χ0n) is 11.1. The summed E-state index contributed by atoms with van der Waals surface area (Å²) in [4.78, 5) is 21.4. The molecule has 1 saturated heterocycles. The van der Waals surface area contributed by atoms with Gasteiger partial charge in [0.25, 0.3) is 0 Å². The van der Waals surface area contributed by atoms with Gasteiger partial charge in [0, 0.05) is 17.8 Å². The molecule has 0 saturated carbocycles. The summed E-state index contributed by atoms with van der Waals surface area (Å²) >= 11 is 3.38. The second-order valence-electron chi connectivity index (χ2n) is 4.53. The monoisotopic (exact) mass is 337 g/mol. The van der Waals surface area contributed by atoms with E-state index in [0.29, 0.717) is 13.0 Å². The molecule has 1 aliphatic rings. The molecule has 2 rings (SSSR count). The molecule has 0 aliphatic carbocycles. The van der Waals surface area contributed by atoms with Gasteiger partial charge in [-0.1, -0.05) is 34.1 Å². The van der Waals surface area contributed by atoms with Gasteiger partial charge in [-0.2, -0.15) is 4.99 Å². The molecule has 1 unspecified atom stereocenters. The van der Waals surface area contributed by atoms with Crippen molar-refractivity contribution < 1.29 is 4.79 Å². The van der Waals surface area contributed by atoms with Crippen molar-refractivity contribution in [1.82, 2.24) is 4.90 Å². The van der Waals surface area contributed by atoms with E-state index in [4.69, 9.17) is 11.5 Å². The third-order valence-electron chi connectivity index (χ3n) is 2.93. The first-order valence-electron chi connectivity index (χ1n) is 6.15. The van der Waals surface area contributed by atoms with Crippen molar-refractivity contribution in [2.24, 2.45) is 21.5 Å². The highest BCUT2D eigenvalue weighted by atomic mass is 79.9. The van der Waals surface area contributed by atoms with Crippen molar-refractivity contribution in [1.29, 1.82) is 0 Å². The van der Waals surface area contributed by atoms with Crippen LogP contribution in [0.25, 0.3) is 0 Å². The Balaban J connectivity index is 2.18. The predicted octanol–water partition coefficient (Wildman–Crippen LogP) is 1.25. The van der Waals surface area contributed by atoms with Crippen LogP contribution in [0.2, 0.25) is 0 Å². The lowest BCUT2D eigenvalue weighted by Gasteiger charge is -2.13. The van der Waals surface area contributed by atoms with Crippen molar-refractivity contribution in [2.75, 3.05) is 6.54 Å². The number of aryl methyl sites for hydroxylation is 1. The molecule has 6 nitrogen and oxygen atoms in total. The molecule has 106 valence electrons. The number of carbonyl (C=O) groups is 1. The average molecular weight is 338 g/mol. The number of aliphatic imine (C=N–C) groups is 2. The van der Waals surface area contributed by atoms with Crippen LogP contribution < -0.4 is 11.5 Å². The normalized spacial score (nSPS) is 20.6. The molecular formula is C13H16BrN5O. The number of hydrogen-bond donors (Lipinski definition) is 2. The van der Waals surface area contributed by atoms with Crippen LogP contribution >= 0.6 is 15.9 Å². The van der Waals surface area contributed by atoms with Crippen LogP contribution in [-0.4, -0.2) is 34.1 Å². The van der Waals surface area contributed by atoms with E-state index >= 15 is 0 Å². The molecule has 4 N–H and O–H groups in total. The molecule has 0 aromatic heterocycles. The smallest absolute Gasteiger partial charge is 0.230 e. The van der Waals surface area contributed by atoms with Gasteiger partial charge in [-0.25, -0.2) is 4.99 Å². The fourth-order valence-electron chi connectivity index (χ4n) is 1.90. The molecule has 1 fully saturated rings. The summed E-state index contributed by atoms with van der Waals surface area (Å²) < 4.78 is 0. The van der Waals surface area contributed by atoms with Gasteiger partial charge in [-0.3, -0.25) is 9.69 Å². The van der Waals surface area contributed by atoms with E-state index in [1.165, 1.54) is 4.90 Å². The Morgan fingerprint density at radius 3 is 2.70 bits per heavy atom. The minimum absolute atomic E-state index is 0.0302. The number of amides is 1. The molecule has 1 aliphatic heterocycles. The van der Waals surface area contributed by atoms with E-state index in [1.54, 1.807) is 0 Å². The van der Waals surface area contributed by atoms with E-state index in [0.717, 1.165) is 11.3 Å². The number of halogens is 1. The van der Waals surface area contributed by atoms with Gasteiger partial charge in [0.15, 0.2) is 0 Å². The number of alkyl halides is 1. The number of nitrogens with two attached hydrogens (primary N) is 2. The van der Waals surface area contributed by atoms with Crippen molar-refractivity contribution >= 4 is 39.4 Å². The predicted molar refractivity (Wildman–Crippen MR) is 83.1 cm³/mol. The van der Waals surface area contributed by atoms with Crippen molar-refractivity contribution in [3.8, 4) is 0 Å². The number of rotatable bonds is 1. The molecule has 1 aromatic rings. The van der Waals surface area contributed by atoms with Crippen LogP contribution in [0.1, 0.15) is 12.0 Å². The Bertz CT molecular complexity index is 584. The van der Waals surface area contributed by atoms with Crippen molar-refractivity contribution in [3.63, 3.8) is 0 Å². The third-order valence-corrected chi connectivity index (χ3v) is 3.55. The zero-order chi connectivity index (χ0) is 14.7. The maximum atomic E-state index is 11.7. The Labute approximate surface area is 125 Å². The highest BCUT2D eigenvalue weighted by molar-refractivity contribution is 9.09. The molecule has 1 amide bonds. The number of benzene rings is 1. The number of carbonyl (C=O) groups excluding carboxylic acids is 1. The van der Waals surface area contributed by atoms with Gasteiger partial charge in [-0.05, 0) is 18.6 Å². The second-order valence-corrected chi connectivity index (χ2v) is 5.83. The van der Waals surface area contributed by atoms with Gasteiger partial charge in [0.1, 0.15) is 0 Å². The largest absolute Gasteiger partial charge is 0.369 e. The quantitative estimate of drug-likeness (QED) is 0.458. The van der Waals surface area contributed by atoms with Crippen molar-refractivity contribution in [3.05, 3.63) is 29.8 Å². The van der Waals surface area contributed by atoms with E-state index in [9.17, 15) is 4.79 Å². The molecule has 1 atom stereocenters. The van der Waals surface area contributed by atoms with Crippen LogP contribution in [0.15, 0.2) is 34.3 Å². The first kappa shape index (κ1) is 14.5. The summed E-state index contributed by atoms with van der Waals surface area (Å²) in [5.41, 5.74) is 13.3. The van der Waals surface area contributed by atoms with E-state index in [-0.39, 0.29) is 22.7 Å². The van der Waals surface area contributed by atoms with Crippen LogP contribution in [-0.2, 0) is 4.79 Å². The van der Waals surface area contributed by atoms with Gasteiger partial charge in [0.2, 0.25) is 17.8 Å². The Morgan fingerprint density at radius 1 is 1.40 bits per heavy atom. The molecule has 20 heavy (non-hydrogen) atoms. The Hall–Kier alpha value is -1.89. The highest BCUT2D eigenvalue weighted by Gasteiger charge is 2.30. The standard InChI is InChI=1S/C13H16BrN5O/c1-8-4-2-3-5-10(8)17-12(15)18-13(16)19-7-9(14)6-11(19)20/h2-5,9H,6-7H2,1H3,(H4,15,16,17,18). The van der Waals surface area contributed by atoms with Crippen molar-refractivity contribution in [2.45, 2.75) is 18.2 Å². The lowest BCUT2D eigenvalue weighted by atomic mass is 10.2. The summed E-state index contributed by atoms with van der Waals surface area (Å²) in [5, 5.41) is 0. The fraction of sp³-hybridized carbons (Fsp3) is 0.308. The molecule has 0 bridgehead atoms. The van der Waals surface area contributed by atoms with Gasteiger partial charge >= 0.3 is 0 Å². The minimum Gasteiger partial charge on any atom is -0.369 e. The molecular weight excluding hydrogens is 322 g/mol. The molecule has 1 aromatic carbocycles. The first-order valence-corrected chi connectivity index (χ1v) is 7.07. The number of para-hydroxylation sites is 1.